The second-order valence-corrected chi connectivity index (χ2v) is 6.05. The zero-order chi connectivity index (χ0) is 14.5. The normalized spacial score (nSPS) is 13.4. The van der Waals surface area contributed by atoms with Gasteiger partial charge in [0.15, 0.2) is 0 Å². The number of rotatable bonds is 5. The fraction of sp³-hybridized carbons (Fsp3) is 0.562. The lowest BCUT2D eigenvalue weighted by atomic mass is 10.0. The minimum absolute atomic E-state index is 0.0735. The summed E-state index contributed by atoms with van der Waals surface area (Å²) in [6, 6.07) is 10.6. The highest BCUT2D eigenvalue weighted by Gasteiger charge is 2.20. The summed E-state index contributed by atoms with van der Waals surface area (Å²) in [5.41, 5.74) is 1.09. The number of hydrogen-bond acceptors (Lipinski definition) is 2. The van der Waals surface area contributed by atoms with Gasteiger partial charge in [-0.1, -0.05) is 37.3 Å². The van der Waals surface area contributed by atoms with Gasteiger partial charge in [-0.05, 0) is 39.8 Å². The van der Waals surface area contributed by atoms with E-state index < -0.39 is 0 Å². The maximum absolute atomic E-state index is 12.0. The molecule has 3 heteroatoms. The van der Waals surface area contributed by atoms with Crippen molar-refractivity contribution in [2.24, 2.45) is 0 Å². The molecule has 0 bridgehead atoms. The van der Waals surface area contributed by atoms with Crippen molar-refractivity contribution in [3.8, 4) is 0 Å². The van der Waals surface area contributed by atoms with Crippen LogP contribution < -0.4 is 5.32 Å². The van der Waals surface area contributed by atoms with Crippen LogP contribution in [0.5, 0.6) is 0 Å². The van der Waals surface area contributed by atoms with Crippen LogP contribution in [-0.2, 0) is 4.79 Å². The Morgan fingerprint density at radius 1 is 1.26 bits per heavy atom. The summed E-state index contributed by atoms with van der Waals surface area (Å²) < 4.78 is 0. The summed E-state index contributed by atoms with van der Waals surface area (Å²) in [4.78, 5) is 14.1. The Labute approximate surface area is 117 Å². The molecule has 106 valence electrons. The van der Waals surface area contributed by atoms with Crippen molar-refractivity contribution in [3.05, 3.63) is 35.9 Å². The number of hydrogen-bond donors (Lipinski definition) is 1. The van der Waals surface area contributed by atoms with E-state index in [1.165, 1.54) is 5.56 Å². The highest BCUT2D eigenvalue weighted by Crippen LogP contribution is 2.22. The number of carbonyl (C=O) groups is 1. The van der Waals surface area contributed by atoms with E-state index in [-0.39, 0.29) is 17.5 Å². The lowest BCUT2D eigenvalue weighted by Gasteiger charge is -2.29. The maximum atomic E-state index is 12.0. The number of benzene rings is 1. The summed E-state index contributed by atoms with van der Waals surface area (Å²) >= 11 is 0. The van der Waals surface area contributed by atoms with Gasteiger partial charge < -0.3 is 5.32 Å². The van der Waals surface area contributed by atoms with Crippen LogP contribution in [0.4, 0.5) is 0 Å². The second kappa shape index (κ2) is 6.71. The maximum Gasteiger partial charge on any atom is 0.234 e. The first-order chi connectivity index (χ1) is 8.83. The molecule has 1 atom stereocenters. The third kappa shape index (κ3) is 5.43. The number of amides is 1. The summed E-state index contributed by atoms with van der Waals surface area (Å²) in [5, 5.41) is 3.00. The van der Waals surface area contributed by atoms with Gasteiger partial charge in [-0.25, -0.2) is 0 Å². The van der Waals surface area contributed by atoms with Gasteiger partial charge in [0.25, 0.3) is 0 Å². The number of carbonyl (C=O) groups excluding carboxylic acids is 1. The van der Waals surface area contributed by atoms with Crippen LogP contribution in [0.1, 0.15) is 45.7 Å². The molecular formula is C16H26N2O. The third-order valence-corrected chi connectivity index (χ3v) is 3.01. The second-order valence-electron chi connectivity index (χ2n) is 6.05. The average Bonchev–Trinajstić information content (AvgIpc) is 2.28. The van der Waals surface area contributed by atoms with Crippen LogP contribution in [0.15, 0.2) is 30.3 Å². The van der Waals surface area contributed by atoms with Gasteiger partial charge in [-0.15, -0.1) is 0 Å². The van der Waals surface area contributed by atoms with Crippen LogP contribution in [-0.4, -0.2) is 29.9 Å². The summed E-state index contributed by atoms with van der Waals surface area (Å²) in [5.74, 6) is 0.0735. The van der Waals surface area contributed by atoms with Crippen molar-refractivity contribution in [1.82, 2.24) is 10.2 Å². The molecule has 0 aromatic heterocycles. The fourth-order valence-electron chi connectivity index (χ4n) is 2.27. The van der Waals surface area contributed by atoms with Crippen molar-refractivity contribution in [2.45, 2.75) is 45.7 Å². The molecule has 0 aliphatic rings. The van der Waals surface area contributed by atoms with Gasteiger partial charge in [0.1, 0.15) is 0 Å². The molecule has 0 spiro atoms. The topological polar surface area (TPSA) is 32.3 Å². The van der Waals surface area contributed by atoms with Gasteiger partial charge in [-0.2, -0.15) is 0 Å². The van der Waals surface area contributed by atoms with E-state index >= 15 is 0 Å². The van der Waals surface area contributed by atoms with Crippen molar-refractivity contribution in [1.29, 1.82) is 0 Å². The van der Waals surface area contributed by atoms with Crippen LogP contribution in [0.2, 0.25) is 0 Å². The molecule has 0 aliphatic carbocycles. The molecular weight excluding hydrogens is 236 g/mol. The van der Waals surface area contributed by atoms with E-state index in [0.29, 0.717) is 6.54 Å². The number of nitrogens with one attached hydrogen (secondary N) is 1. The molecule has 1 aromatic rings. The SMILES string of the molecule is CCC(c1ccccc1)N(C)CC(=O)NC(C)(C)C. The largest absolute Gasteiger partial charge is 0.350 e. The van der Waals surface area contributed by atoms with Crippen LogP contribution >= 0.6 is 0 Å². The zero-order valence-electron chi connectivity index (χ0n) is 12.7. The van der Waals surface area contributed by atoms with Crippen LogP contribution in [0, 0.1) is 0 Å². The van der Waals surface area contributed by atoms with E-state index in [9.17, 15) is 4.79 Å². The van der Waals surface area contributed by atoms with Gasteiger partial charge in [0.05, 0.1) is 6.54 Å². The van der Waals surface area contributed by atoms with E-state index in [4.69, 9.17) is 0 Å². The van der Waals surface area contributed by atoms with Gasteiger partial charge in [-0.3, -0.25) is 9.69 Å². The number of nitrogens with zero attached hydrogens (tertiary/aromatic N) is 1. The first-order valence-electron chi connectivity index (χ1n) is 6.89. The van der Waals surface area contributed by atoms with Crippen molar-refractivity contribution in [2.75, 3.05) is 13.6 Å². The molecule has 1 amide bonds. The van der Waals surface area contributed by atoms with Crippen LogP contribution in [0.3, 0.4) is 0 Å². The predicted molar refractivity (Wildman–Crippen MR) is 80.0 cm³/mol. The van der Waals surface area contributed by atoms with Crippen molar-refractivity contribution >= 4 is 5.91 Å². The highest BCUT2D eigenvalue weighted by molar-refractivity contribution is 5.78. The minimum atomic E-state index is -0.174. The fourth-order valence-corrected chi connectivity index (χ4v) is 2.27. The quantitative estimate of drug-likeness (QED) is 0.884. The molecule has 0 fully saturated rings. The van der Waals surface area contributed by atoms with Gasteiger partial charge in [0.2, 0.25) is 5.91 Å². The Kier molecular flexibility index (Phi) is 5.55. The Balaban J connectivity index is 2.65. The van der Waals surface area contributed by atoms with Crippen molar-refractivity contribution < 1.29 is 4.79 Å². The van der Waals surface area contributed by atoms with Crippen molar-refractivity contribution in [3.63, 3.8) is 0 Å². The molecule has 0 aliphatic heterocycles. The molecule has 1 N–H and O–H groups in total. The smallest absolute Gasteiger partial charge is 0.234 e. The van der Waals surface area contributed by atoms with E-state index in [1.807, 2.05) is 46.0 Å². The Hall–Kier alpha value is -1.35. The molecule has 1 rings (SSSR count). The zero-order valence-corrected chi connectivity index (χ0v) is 12.7. The lowest BCUT2D eigenvalue weighted by molar-refractivity contribution is -0.123. The monoisotopic (exact) mass is 262 g/mol. The first kappa shape index (κ1) is 15.7. The molecule has 0 heterocycles. The molecule has 1 aromatic carbocycles. The first-order valence-corrected chi connectivity index (χ1v) is 6.89. The molecule has 19 heavy (non-hydrogen) atoms. The summed E-state index contributed by atoms with van der Waals surface area (Å²) in [6.07, 6.45) is 0.989. The van der Waals surface area contributed by atoms with Gasteiger partial charge >= 0.3 is 0 Å². The standard InChI is InChI=1S/C16H26N2O/c1-6-14(13-10-8-7-9-11-13)18(5)12-15(19)17-16(2,3)4/h7-11,14H,6,12H2,1-5H3,(H,17,19). The predicted octanol–water partition coefficient (Wildman–Crippen LogP) is 2.98. The molecule has 0 saturated heterocycles. The lowest BCUT2D eigenvalue weighted by Crippen LogP contribution is -2.45. The molecule has 0 saturated carbocycles. The molecule has 1 unspecified atom stereocenters. The third-order valence-electron chi connectivity index (χ3n) is 3.01. The minimum Gasteiger partial charge on any atom is -0.350 e. The average molecular weight is 262 g/mol. The van der Waals surface area contributed by atoms with E-state index in [0.717, 1.165) is 6.42 Å². The molecule has 3 nitrogen and oxygen atoms in total. The summed E-state index contributed by atoms with van der Waals surface area (Å²) in [6.45, 7) is 8.57. The Morgan fingerprint density at radius 2 is 1.84 bits per heavy atom. The highest BCUT2D eigenvalue weighted by atomic mass is 16.2. The number of likely N-dealkylation sites (N-methyl/N-ethyl adjacent to an activating group) is 1. The van der Waals surface area contributed by atoms with E-state index in [1.54, 1.807) is 0 Å². The summed E-state index contributed by atoms with van der Waals surface area (Å²) in [7, 11) is 2.00. The molecule has 0 radical (unpaired) electrons. The van der Waals surface area contributed by atoms with Crippen LogP contribution in [0.25, 0.3) is 0 Å². The van der Waals surface area contributed by atoms with Gasteiger partial charge in [0, 0.05) is 11.6 Å². The Morgan fingerprint density at radius 3 is 2.32 bits per heavy atom. The Bertz CT molecular complexity index is 395. The van der Waals surface area contributed by atoms with E-state index in [2.05, 4.69) is 29.3 Å².